The number of piperidine rings is 1. The number of halogens is 2. The Labute approximate surface area is 174 Å². The zero-order valence-electron chi connectivity index (χ0n) is 16.4. The second kappa shape index (κ2) is 9.40. The summed E-state index contributed by atoms with van der Waals surface area (Å²) in [4.78, 5) is 13.4. The van der Waals surface area contributed by atoms with Crippen molar-refractivity contribution < 1.29 is 26.7 Å². The fraction of sp³-hybridized carbons (Fsp3) is 0.350. The molecule has 30 heavy (non-hydrogen) atoms. The molecule has 0 aliphatic carbocycles. The molecule has 7 nitrogen and oxygen atoms in total. The van der Waals surface area contributed by atoms with Crippen LogP contribution >= 0.6 is 0 Å². The molecule has 0 unspecified atom stereocenters. The minimum atomic E-state index is -4.16. The zero-order valence-corrected chi connectivity index (χ0v) is 17.2. The molecule has 0 radical (unpaired) electrons. The van der Waals surface area contributed by atoms with E-state index in [4.69, 9.17) is 4.74 Å². The first-order chi connectivity index (χ1) is 14.3. The number of amides is 2. The number of benzene rings is 2. The van der Waals surface area contributed by atoms with Gasteiger partial charge in [-0.2, -0.15) is 0 Å². The summed E-state index contributed by atoms with van der Waals surface area (Å²) < 4.78 is 59.2. The van der Waals surface area contributed by atoms with Crippen LogP contribution in [0.4, 0.5) is 19.3 Å². The highest BCUT2D eigenvalue weighted by Gasteiger charge is 2.26. The lowest BCUT2D eigenvalue weighted by atomic mass is 9.97. The van der Waals surface area contributed by atoms with Gasteiger partial charge < -0.3 is 15.0 Å². The molecule has 1 fully saturated rings. The summed E-state index contributed by atoms with van der Waals surface area (Å²) in [5, 5.41) is 2.81. The quantitative estimate of drug-likeness (QED) is 0.724. The molecule has 0 aromatic heterocycles. The van der Waals surface area contributed by atoms with E-state index in [0.717, 1.165) is 12.1 Å². The Balaban J connectivity index is 1.52. The van der Waals surface area contributed by atoms with Crippen molar-refractivity contribution in [3.05, 3.63) is 54.1 Å². The van der Waals surface area contributed by atoms with Crippen molar-refractivity contribution in [2.75, 3.05) is 32.1 Å². The number of carbonyl (C=O) groups excluding carboxylic acids is 1. The number of sulfonamides is 1. The van der Waals surface area contributed by atoms with Crippen LogP contribution < -0.4 is 14.8 Å². The summed E-state index contributed by atoms with van der Waals surface area (Å²) in [5.41, 5.74) is 0.567. The third-order valence-electron chi connectivity index (χ3n) is 5.00. The summed E-state index contributed by atoms with van der Waals surface area (Å²) in [5.74, 6) is -1.30. The maximum absolute atomic E-state index is 13.8. The lowest BCUT2D eigenvalue weighted by molar-refractivity contribution is 0.183. The zero-order chi connectivity index (χ0) is 21.7. The van der Waals surface area contributed by atoms with E-state index in [1.807, 2.05) is 0 Å². The predicted octanol–water partition coefficient (Wildman–Crippen LogP) is 3.20. The van der Waals surface area contributed by atoms with Crippen molar-refractivity contribution in [3.63, 3.8) is 0 Å². The van der Waals surface area contributed by atoms with Gasteiger partial charge in [-0.25, -0.2) is 26.7 Å². The summed E-state index contributed by atoms with van der Waals surface area (Å²) >= 11 is 0. The summed E-state index contributed by atoms with van der Waals surface area (Å²) in [6, 6.07) is 9.11. The fourth-order valence-corrected chi connectivity index (χ4v) is 4.47. The first-order valence-electron chi connectivity index (χ1n) is 9.44. The fourth-order valence-electron chi connectivity index (χ4n) is 3.27. The molecule has 0 spiro atoms. The number of nitrogens with zero attached hydrogens (tertiary/aromatic N) is 1. The topological polar surface area (TPSA) is 87.7 Å². The SMILES string of the molecule is COc1ccccc1NC(=O)N1CCC(CNS(=O)(=O)c2cc(F)ccc2F)CC1. The van der Waals surface area contributed by atoms with Crippen LogP contribution in [0.25, 0.3) is 0 Å². The Hall–Kier alpha value is -2.72. The van der Waals surface area contributed by atoms with E-state index < -0.39 is 26.6 Å². The van der Waals surface area contributed by atoms with Gasteiger partial charge in [0.15, 0.2) is 0 Å². The van der Waals surface area contributed by atoms with Crippen molar-refractivity contribution in [3.8, 4) is 5.75 Å². The van der Waals surface area contributed by atoms with E-state index in [-0.39, 0.29) is 18.5 Å². The average Bonchev–Trinajstić information content (AvgIpc) is 2.74. The molecule has 3 rings (SSSR count). The number of para-hydroxylation sites is 2. The van der Waals surface area contributed by atoms with E-state index >= 15 is 0 Å². The van der Waals surface area contributed by atoms with E-state index in [9.17, 15) is 22.0 Å². The second-order valence-electron chi connectivity index (χ2n) is 6.99. The van der Waals surface area contributed by atoms with E-state index in [1.54, 1.807) is 29.2 Å². The highest BCUT2D eigenvalue weighted by Crippen LogP contribution is 2.25. The number of anilines is 1. The van der Waals surface area contributed by atoms with Gasteiger partial charge in [0.25, 0.3) is 0 Å². The van der Waals surface area contributed by atoms with E-state index in [2.05, 4.69) is 10.0 Å². The molecule has 162 valence electrons. The number of rotatable bonds is 6. The third-order valence-corrected chi connectivity index (χ3v) is 6.43. The largest absolute Gasteiger partial charge is 0.495 e. The number of nitrogens with one attached hydrogen (secondary N) is 2. The minimum Gasteiger partial charge on any atom is -0.495 e. The lowest BCUT2D eigenvalue weighted by Gasteiger charge is -2.32. The molecule has 10 heteroatoms. The Morgan fingerprint density at radius 2 is 1.87 bits per heavy atom. The molecule has 0 saturated carbocycles. The lowest BCUT2D eigenvalue weighted by Crippen LogP contribution is -2.43. The maximum atomic E-state index is 13.8. The number of methoxy groups -OCH3 is 1. The minimum absolute atomic E-state index is 0.0216. The van der Waals surface area contributed by atoms with Gasteiger partial charge >= 0.3 is 6.03 Å². The molecule has 2 aromatic carbocycles. The van der Waals surface area contributed by atoms with Crippen LogP contribution in [-0.2, 0) is 10.0 Å². The normalized spacial score (nSPS) is 15.1. The monoisotopic (exact) mass is 439 g/mol. The van der Waals surface area contributed by atoms with Crippen molar-refractivity contribution in [2.24, 2.45) is 5.92 Å². The molecule has 1 saturated heterocycles. The molecular formula is C20H23F2N3O4S. The van der Waals surface area contributed by atoms with Gasteiger partial charge in [-0.05, 0) is 49.1 Å². The number of ether oxygens (including phenoxy) is 1. The highest BCUT2D eigenvalue weighted by atomic mass is 32.2. The van der Waals surface area contributed by atoms with Crippen LogP contribution in [0.1, 0.15) is 12.8 Å². The first kappa shape index (κ1) is 22.0. The summed E-state index contributed by atoms with van der Waals surface area (Å²) in [7, 11) is -2.64. The molecule has 1 heterocycles. The smallest absolute Gasteiger partial charge is 0.321 e. The molecule has 2 N–H and O–H groups in total. The van der Waals surface area contributed by atoms with Crippen LogP contribution in [0.15, 0.2) is 47.4 Å². The van der Waals surface area contributed by atoms with Crippen LogP contribution in [0.2, 0.25) is 0 Å². The average molecular weight is 439 g/mol. The van der Waals surface area contributed by atoms with Gasteiger partial charge in [0, 0.05) is 19.6 Å². The molecule has 0 atom stereocenters. The molecule has 0 bridgehead atoms. The van der Waals surface area contributed by atoms with Gasteiger partial charge in [0.05, 0.1) is 12.8 Å². The van der Waals surface area contributed by atoms with Gasteiger partial charge in [0.2, 0.25) is 10.0 Å². The number of carbonyl (C=O) groups is 1. The number of hydrogen-bond acceptors (Lipinski definition) is 4. The Bertz CT molecular complexity index is 1010. The molecule has 1 aliphatic rings. The van der Waals surface area contributed by atoms with Crippen LogP contribution in [0, 0.1) is 17.6 Å². The van der Waals surface area contributed by atoms with Crippen LogP contribution in [-0.4, -0.2) is 46.1 Å². The Morgan fingerprint density at radius 1 is 1.17 bits per heavy atom. The third kappa shape index (κ3) is 5.25. The van der Waals surface area contributed by atoms with Gasteiger partial charge in [-0.15, -0.1) is 0 Å². The Morgan fingerprint density at radius 3 is 2.57 bits per heavy atom. The first-order valence-corrected chi connectivity index (χ1v) is 10.9. The van der Waals surface area contributed by atoms with Gasteiger partial charge in [-0.1, -0.05) is 12.1 Å². The van der Waals surface area contributed by atoms with E-state index in [0.29, 0.717) is 43.4 Å². The highest BCUT2D eigenvalue weighted by molar-refractivity contribution is 7.89. The molecule has 1 aliphatic heterocycles. The predicted molar refractivity (Wildman–Crippen MR) is 108 cm³/mol. The van der Waals surface area contributed by atoms with Crippen LogP contribution in [0.3, 0.4) is 0 Å². The maximum Gasteiger partial charge on any atom is 0.321 e. The van der Waals surface area contributed by atoms with Crippen molar-refractivity contribution in [2.45, 2.75) is 17.7 Å². The number of urea groups is 1. The molecular weight excluding hydrogens is 416 g/mol. The Kier molecular flexibility index (Phi) is 6.88. The van der Waals surface area contributed by atoms with Crippen molar-refractivity contribution in [1.29, 1.82) is 0 Å². The van der Waals surface area contributed by atoms with Crippen molar-refractivity contribution >= 4 is 21.7 Å². The number of hydrogen-bond donors (Lipinski definition) is 2. The summed E-state index contributed by atoms with van der Waals surface area (Å²) in [6.45, 7) is 0.976. The summed E-state index contributed by atoms with van der Waals surface area (Å²) in [6.07, 6.45) is 1.15. The molecule has 2 aromatic rings. The standard InChI is InChI=1S/C20H23F2N3O4S/c1-29-18-5-3-2-4-17(18)24-20(26)25-10-8-14(9-11-25)13-23-30(27,28)19-12-15(21)6-7-16(19)22/h2-7,12,14,23H,8-11,13H2,1H3,(H,24,26). The van der Waals surface area contributed by atoms with Crippen LogP contribution in [0.5, 0.6) is 5.75 Å². The van der Waals surface area contributed by atoms with Gasteiger partial charge in [0.1, 0.15) is 22.3 Å². The number of likely N-dealkylation sites (tertiary alicyclic amines) is 1. The molecule has 2 amide bonds. The van der Waals surface area contributed by atoms with Gasteiger partial charge in [-0.3, -0.25) is 0 Å². The second-order valence-corrected chi connectivity index (χ2v) is 8.72. The van der Waals surface area contributed by atoms with E-state index in [1.165, 1.54) is 7.11 Å². The van der Waals surface area contributed by atoms with Crippen molar-refractivity contribution in [1.82, 2.24) is 9.62 Å².